The van der Waals surface area contributed by atoms with E-state index in [1.165, 1.54) is 0 Å². The molecule has 0 bridgehead atoms. The second-order valence-corrected chi connectivity index (χ2v) is 6.93. The van der Waals surface area contributed by atoms with E-state index in [9.17, 15) is 4.39 Å². The maximum atomic E-state index is 14.7. The number of nitrogens with one attached hydrogen (secondary N) is 1. The van der Waals surface area contributed by atoms with E-state index in [-0.39, 0.29) is 11.6 Å². The Labute approximate surface area is 176 Å². The van der Waals surface area contributed by atoms with Gasteiger partial charge in [0.2, 0.25) is 5.95 Å². The van der Waals surface area contributed by atoms with Gasteiger partial charge in [-0.15, -0.1) is 0 Å². The number of imidazole rings is 1. The minimum absolute atomic E-state index is 0.145. The Morgan fingerprint density at radius 3 is 2.50 bits per heavy atom. The van der Waals surface area contributed by atoms with Crippen LogP contribution < -0.4 is 5.32 Å². The standard InChI is InChI=1S/C22H14ClFN6/c23-19-8-7-16(10-25-19)28-22-27-11-17(24)21(29-22)18-12-26-20-9-6-15(13-30(18)20)14-4-2-1-3-5-14/h1-13H,(H,27,28,29). The molecule has 4 aromatic heterocycles. The third-order valence-electron chi connectivity index (χ3n) is 4.58. The first-order valence-corrected chi connectivity index (χ1v) is 9.49. The van der Waals surface area contributed by atoms with Crippen LogP contribution in [0.4, 0.5) is 16.0 Å². The average Bonchev–Trinajstić information content (AvgIpc) is 3.20. The summed E-state index contributed by atoms with van der Waals surface area (Å²) in [5, 5.41) is 3.38. The first-order valence-electron chi connectivity index (χ1n) is 9.11. The largest absolute Gasteiger partial charge is 0.323 e. The quantitative estimate of drug-likeness (QED) is 0.398. The van der Waals surface area contributed by atoms with E-state index in [1.54, 1.807) is 24.5 Å². The number of anilines is 2. The Morgan fingerprint density at radius 1 is 0.833 bits per heavy atom. The van der Waals surface area contributed by atoms with Gasteiger partial charge in [0.05, 0.1) is 30.0 Å². The fraction of sp³-hybridized carbons (Fsp3) is 0. The van der Waals surface area contributed by atoms with Crippen LogP contribution in [0.3, 0.4) is 0 Å². The van der Waals surface area contributed by atoms with Crippen molar-refractivity contribution in [3.05, 3.63) is 90.4 Å². The molecule has 0 radical (unpaired) electrons. The van der Waals surface area contributed by atoms with Crippen LogP contribution in [0.5, 0.6) is 0 Å². The van der Waals surface area contributed by atoms with Crippen LogP contribution in [0.25, 0.3) is 28.2 Å². The molecule has 0 unspecified atom stereocenters. The normalized spacial score (nSPS) is 11.0. The molecular weight excluding hydrogens is 403 g/mol. The van der Waals surface area contributed by atoms with E-state index in [2.05, 4.69) is 25.3 Å². The lowest BCUT2D eigenvalue weighted by Gasteiger charge is -2.08. The molecule has 4 heterocycles. The van der Waals surface area contributed by atoms with Crippen LogP contribution in [0.2, 0.25) is 5.15 Å². The molecule has 6 nitrogen and oxygen atoms in total. The van der Waals surface area contributed by atoms with Crippen molar-refractivity contribution < 1.29 is 4.39 Å². The van der Waals surface area contributed by atoms with E-state index in [0.29, 0.717) is 22.2 Å². The molecular formula is C22H14ClFN6. The summed E-state index contributed by atoms with van der Waals surface area (Å²) in [5.74, 6) is -0.300. The SMILES string of the molecule is Fc1cnc(Nc2ccc(Cl)nc2)nc1-c1cnc2ccc(-c3ccccc3)cn12. The zero-order valence-corrected chi connectivity index (χ0v) is 16.3. The van der Waals surface area contributed by atoms with Crippen LogP contribution in [0, 0.1) is 5.82 Å². The minimum atomic E-state index is -0.540. The zero-order chi connectivity index (χ0) is 20.5. The van der Waals surface area contributed by atoms with Crippen molar-refractivity contribution in [2.75, 3.05) is 5.32 Å². The van der Waals surface area contributed by atoms with Gasteiger partial charge >= 0.3 is 0 Å². The van der Waals surface area contributed by atoms with Gasteiger partial charge in [-0.1, -0.05) is 41.9 Å². The average molecular weight is 417 g/mol. The van der Waals surface area contributed by atoms with E-state index in [1.807, 2.05) is 53.1 Å². The summed E-state index contributed by atoms with van der Waals surface area (Å²) in [6.45, 7) is 0. The number of hydrogen-bond acceptors (Lipinski definition) is 5. The molecule has 0 aliphatic heterocycles. The lowest BCUT2D eigenvalue weighted by molar-refractivity contribution is 0.618. The highest BCUT2D eigenvalue weighted by Gasteiger charge is 2.15. The van der Waals surface area contributed by atoms with Gasteiger partial charge in [0.25, 0.3) is 0 Å². The number of benzene rings is 1. The van der Waals surface area contributed by atoms with Crippen molar-refractivity contribution in [1.29, 1.82) is 0 Å². The topological polar surface area (TPSA) is 68.0 Å². The summed E-state index contributed by atoms with van der Waals surface area (Å²) in [4.78, 5) is 16.8. The zero-order valence-electron chi connectivity index (χ0n) is 15.5. The molecule has 0 saturated carbocycles. The number of hydrogen-bond donors (Lipinski definition) is 1. The van der Waals surface area contributed by atoms with Gasteiger partial charge in [0, 0.05) is 6.20 Å². The van der Waals surface area contributed by atoms with Crippen LogP contribution in [0.15, 0.2) is 79.4 Å². The van der Waals surface area contributed by atoms with Gasteiger partial charge in [-0.05, 0) is 35.4 Å². The lowest BCUT2D eigenvalue weighted by atomic mass is 10.1. The second-order valence-electron chi connectivity index (χ2n) is 6.54. The molecule has 0 fully saturated rings. The van der Waals surface area contributed by atoms with Crippen LogP contribution in [0.1, 0.15) is 0 Å². The summed E-state index contributed by atoms with van der Waals surface area (Å²) in [6.07, 6.45) is 6.21. The fourth-order valence-electron chi connectivity index (χ4n) is 3.14. The first kappa shape index (κ1) is 18.2. The molecule has 1 aromatic carbocycles. The molecule has 0 amide bonds. The molecule has 0 aliphatic rings. The van der Waals surface area contributed by atoms with Gasteiger partial charge in [-0.3, -0.25) is 4.40 Å². The molecule has 0 atom stereocenters. The Hall–Kier alpha value is -3.84. The van der Waals surface area contributed by atoms with Crippen molar-refractivity contribution in [3.63, 3.8) is 0 Å². The summed E-state index contributed by atoms with van der Waals surface area (Å²) >= 11 is 5.81. The summed E-state index contributed by atoms with van der Waals surface area (Å²) in [7, 11) is 0. The van der Waals surface area contributed by atoms with E-state index in [0.717, 1.165) is 17.3 Å². The predicted octanol–water partition coefficient (Wildman–Crippen LogP) is 5.39. The Kier molecular flexibility index (Phi) is 4.57. The van der Waals surface area contributed by atoms with E-state index < -0.39 is 5.82 Å². The van der Waals surface area contributed by atoms with Crippen molar-refractivity contribution in [1.82, 2.24) is 24.3 Å². The van der Waals surface area contributed by atoms with Crippen molar-refractivity contribution in [2.24, 2.45) is 0 Å². The number of pyridine rings is 2. The second kappa shape index (κ2) is 7.53. The lowest BCUT2D eigenvalue weighted by Crippen LogP contribution is -2.02. The van der Waals surface area contributed by atoms with Crippen LogP contribution >= 0.6 is 11.6 Å². The number of aromatic nitrogens is 5. The predicted molar refractivity (Wildman–Crippen MR) is 114 cm³/mol. The third kappa shape index (κ3) is 3.46. The summed E-state index contributed by atoms with van der Waals surface area (Å²) in [5.41, 5.74) is 4.05. The van der Waals surface area contributed by atoms with Crippen molar-refractivity contribution in [3.8, 4) is 22.5 Å². The summed E-state index contributed by atoms with van der Waals surface area (Å²) in [6, 6.07) is 17.2. The van der Waals surface area contributed by atoms with Gasteiger partial charge in [0.1, 0.15) is 16.5 Å². The van der Waals surface area contributed by atoms with E-state index in [4.69, 9.17) is 11.6 Å². The highest BCUT2D eigenvalue weighted by Crippen LogP contribution is 2.26. The molecule has 1 N–H and O–H groups in total. The molecule has 30 heavy (non-hydrogen) atoms. The highest BCUT2D eigenvalue weighted by molar-refractivity contribution is 6.29. The van der Waals surface area contributed by atoms with Gasteiger partial charge in [-0.2, -0.15) is 0 Å². The number of nitrogens with zero attached hydrogens (tertiary/aromatic N) is 5. The molecule has 0 spiro atoms. The summed E-state index contributed by atoms with van der Waals surface area (Å²) < 4.78 is 16.5. The van der Waals surface area contributed by atoms with Crippen molar-refractivity contribution in [2.45, 2.75) is 0 Å². The van der Waals surface area contributed by atoms with Gasteiger partial charge in [0.15, 0.2) is 5.82 Å². The number of fused-ring (bicyclic) bond motifs is 1. The smallest absolute Gasteiger partial charge is 0.228 e. The molecule has 0 aliphatic carbocycles. The minimum Gasteiger partial charge on any atom is -0.323 e. The number of rotatable bonds is 4. The fourth-order valence-corrected chi connectivity index (χ4v) is 3.25. The Morgan fingerprint density at radius 2 is 1.70 bits per heavy atom. The molecule has 5 aromatic rings. The third-order valence-corrected chi connectivity index (χ3v) is 4.81. The van der Waals surface area contributed by atoms with Crippen LogP contribution in [-0.2, 0) is 0 Å². The van der Waals surface area contributed by atoms with E-state index >= 15 is 0 Å². The van der Waals surface area contributed by atoms with Crippen molar-refractivity contribution >= 4 is 28.9 Å². The Bertz CT molecular complexity index is 1340. The van der Waals surface area contributed by atoms with Gasteiger partial charge in [-0.25, -0.2) is 24.3 Å². The Balaban J connectivity index is 1.57. The maximum Gasteiger partial charge on any atom is 0.228 e. The molecule has 8 heteroatoms. The molecule has 0 saturated heterocycles. The molecule has 146 valence electrons. The monoisotopic (exact) mass is 416 g/mol. The van der Waals surface area contributed by atoms with Crippen LogP contribution in [-0.4, -0.2) is 24.3 Å². The maximum absolute atomic E-state index is 14.7. The highest BCUT2D eigenvalue weighted by atomic mass is 35.5. The first-order chi connectivity index (χ1) is 14.7. The molecule has 5 rings (SSSR count). The van der Waals surface area contributed by atoms with Gasteiger partial charge < -0.3 is 5.32 Å². The number of halogens is 2.